The predicted molar refractivity (Wildman–Crippen MR) is 77.0 cm³/mol. The van der Waals surface area contributed by atoms with Crippen LogP contribution in [0, 0.1) is 0 Å². The molecule has 1 amide bonds. The van der Waals surface area contributed by atoms with E-state index >= 15 is 0 Å². The Bertz CT molecular complexity index is 463. The fourth-order valence-electron chi connectivity index (χ4n) is 3.32. The van der Waals surface area contributed by atoms with Crippen LogP contribution in [-0.4, -0.2) is 35.5 Å². The molecule has 4 heteroatoms. The highest BCUT2D eigenvalue weighted by molar-refractivity contribution is 5.79. The molecule has 0 radical (unpaired) electrons. The number of benzene rings is 1. The molecule has 20 heavy (non-hydrogen) atoms. The number of carbonyl (C=O) groups excluding carboxylic acids is 1. The van der Waals surface area contributed by atoms with Gasteiger partial charge in [-0.3, -0.25) is 4.79 Å². The number of nitrogens with two attached hydrogens (primary N) is 1. The van der Waals surface area contributed by atoms with Gasteiger partial charge in [-0.2, -0.15) is 0 Å². The molecule has 1 saturated carbocycles. The topological polar surface area (TPSA) is 55.6 Å². The molecule has 2 N–H and O–H groups in total. The molecular formula is C16H22N2O2. The lowest BCUT2D eigenvalue weighted by Crippen LogP contribution is -2.43. The molecule has 1 aromatic carbocycles. The summed E-state index contributed by atoms with van der Waals surface area (Å²) in [4.78, 5) is 13.9. The number of hydrogen-bond donors (Lipinski definition) is 1. The predicted octanol–water partition coefficient (Wildman–Crippen LogP) is 1.68. The molecule has 108 valence electrons. The molecule has 1 aromatic rings. The monoisotopic (exact) mass is 274 g/mol. The van der Waals surface area contributed by atoms with E-state index in [1.807, 2.05) is 23.1 Å². The summed E-state index contributed by atoms with van der Waals surface area (Å²) in [5.74, 6) is 0.192. The third-order valence-corrected chi connectivity index (χ3v) is 4.31. The van der Waals surface area contributed by atoms with Crippen LogP contribution in [0.3, 0.4) is 0 Å². The van der Waals surface area contributed by atoms with Crippen molar-refractivity contribution in [1.29, 1.82) is 0 Å². The van der Waals surface area contributed by atoms with Crippen LogP contribution in [0.4, 0.5) is 0 Å². The van der Waals surface area contributed by atoms with Crippen molar-refractivity contribution in [2.75, 3.05) is 6.54 Å². The van der Waals surface area contributed by atoms with Gasteiger partial charge in [0.2, 0.25) is 5.91 Å². The quantitative estimate of drug-likeness (QED) is 0.909. The van der Waals surface area contributed by atoms with Gasteiger partial charge in [-0.25, -0.2) is 0 Å². The summed E-state index contributed by atoms with van der Waals surface area (Å²) >= 11 is 0. The van der Waals surface area contributed by atoms with Gasteiger partial charge in [-0.15, -0.1) is 0 Å². The second-order valence-corrected chi connectivity index (χ2v) is 5.84. The summed E-state index contributed by atoms with van der Waals surface area (Å²) in [6.07, 6.45) is 3.85. The van der Waals surface area contributed by atoms with E-state index in [2.05, 4.69) is 12.1 Å². The van der Waals surface area contributed by atoms with Crippen LogP contribution in [-0.2, 0) is 16.1 Å². The maximum Gasteiger partial charge on any atom is 0.224 e. The fourth-order valence-corrected chi connectivity index (χ4v) is 3.32. The molecule has 1 aliphatic carbocycles. The zero-order valence-electron chi connectivity index (χ0n) is 11.7. The zero-order valence-corrected chi connectivity index (χ0v) is 11.7. The lowest BCUT2D eigenvalue weighted by molar-refractivity contribution is -0.132. The smallest absolute Gasteiger partial charge is 0.224 e. The zero-order chi connectivity index (χ0) is 13.9. The van der Waals surface area contributed by atoms with E-state index in [0.29, 0.717) is 19.6 Å². The molecule has 3 atom stereocenters. The number of ether oxygens (including phenoxy) is 1. The summed E-state index contributed by atoms with van der Waals surface area (Å²) in [6.45, 7) is 1.31. The van der Waals surface area contributed by atoms with Crippen LogP contribution < -0.4 is 5.73 Å². The van der Waals surface area contributed by atoms with E-state index in [0.717, 1.165) is 19.3 Å². The van der Waals surface area contributed by atoms with Gasteiger partial charge in [-0.1, -0.05) is 30.3 Å². The van der Waals surface area contributed by atoms with E-state index in [4.69, 9.17) is 10.5 Å². The molecule has 4 nitrogen and oxygen atoms in total. The maximum atomic E-state index is 12.0. The molecule has 0 aromatic heterocycles. The van der Waals surface area contributed by atoms with Crippen molar-refractivity contribution in [2.24, 2.45) is 5.73 Å². The number of amides is 1. The SMILES string of the molecule is NC1CC(=O)N(C2CCCC2OCc2ccccc2)C1. The van der Waals surface area contributed by atoms with E-state index in [9.17, 15) is 4.79 Å². The first-order chi connectivity index (χ1) is 9.74. The van der Waals surface area contributed by atoms with Gasteiger partial charge in [0.05, 0.1) is 18.8 Å². The first-order valence-electron chi connectivity index (χ1n) is 7.44. The van der Waals surface area contributed by atoms with Crippen LogP contribution in [0.1, 0.15) is 31.2 Å². The molecular weight excluding hydrogens is 252 g/mol. The molecule has 0 bridgehead atoms. The number of carbonyl (C=O) groups is 1. The second-order valence-electron chi connectivity index (χ2n) is 5.84. The van der Waals surface area contributed by atoms with Crippen LogP contribution in [0.5, 0.6) is 0 Å². The first kappa shape index (κ1) is 13.6. The van der Waals surface area contributed by atoms with Gasteiger partial charge < -0.3 is 15.4 Å². The third-order valence-electron chi connectivity index (χ3n) is 4.31. The molecule has 1 saturated heterocycles. The molecule has 2 fully saturated rings. The van der Waals surface area contributed by atoms with Crippen LogP contribution in [0.25, 0.3) is 0 Å². The molecule has 1 heterocycles. The fraction of sp³-hybridized carbons (Fsp3) is 0.562. The lowest BCUT2D eigenvalue weighted by atomic mass is 10.2. The molecule has 2 aliphatic rings. The van der Waals surface area contributed by atoms with Crippen LogP contribution >= 0.6 is 0 Å². The Morgan fingerprint density at radius 1 is 1.25 bits per heavy atom. The summed E-state index contributed by atoms with van der Waals surface area (Å²) in [5, 5.41) is 0. The summed E-state index contributed by atoms with van der Waals surface area (Å²) < 4.78 is 6.06. The van der Waals surface area contributed by atoms with Crippen molar-refractivity contribution in [3.8, 4) is 0 Å². The summed E-state index contributed by atoms with van der Waals surface area (Å²) in [6, 6.07) is 10.4. The highest BCUT2D eigenvalue weighted by atomic mass is 16.5. The number of rotatable bonds is 4. The maximum absolute atomic E-state index is 12.0. The standard InChI is InChI=1S/C16H22N2O2/c17-13-9-16(19)18(10-13)14-7-4-8-15(14)20-11-12-5-2-1-3-6-12/h1-3,5-6,13-15H,4,7-11,17H2. The van der Waals surface area contributed by atoms with E-state index < -0.39 is 0 Å². The minimum absolute atomic E-state index is 0.00197. The van der Waals surface area contributed by atoms with Crippen molar-refractivity contribution in [3.63, 3.8) is 0 Å². The Hall–Kier alpha value is -1.39. The lowest BCUT2D eigenvalue weighted by Gasteiger charge is -2.29. The van der Waals surface area contributed by atoms with Gasteiger partial charge in [-0.05, 0) is 24.8 Å². The Morgan fingerprint density at radius 3 is 2.75 bits per heavy atom. The number of hydrogen-bond acceptors (Lipinski definition) is 3. The average molecular weight is 274 g/mol. The van der Waals surface area contributed by atoms with Crippen molar-refractivity contribution in [1.82, 2.24) is 4.90 Å². The minimum Gasteiger partial charge on any atom is -0.371 e. The van der Waals surface area contributed by atoms with Crippen molar-refractivity contribution < 1.29 is 9.53 Å². The highest BCUT2D eigenvalue weighted by Crippen LogP contribution is 2.30. The molecule has 3 rings (SSSR count). The van der Waals surface area contributed by atoms with Gasteiger partial charge in [0, 0.05) is 19.0 Å². The van der Waals surface area contributed by atoms with E-state index in [-0.39, 0.29) is 24.1 Å². The van der Waals surface area contributed by atoms with Gasteiger partial charge >= 0.3 is 0 Å². The van der Waals surface area contributed by atoms with Gasteiger partial charge in [0.15, 0.2) is 0 Å². The van der Waals surface area contributed by atoms with E-state index in [1.165, 1.54) is 5.56 Å². The van der Waals surface area contributed by atoms with Crippen molar-refractivity contribution >= 4 is 5.91 Å². The molecule has 1 aliphatic heterocycles. The Balaban J connectivity index is 1.60. The highest BCUT2D eigenvalue weighted by Gasteiger charge is 2.39. The van der Waals surface area contributed by atoms with E-state index in [1.54, 1.807) is 0 Å². The normalized spacial score (nSPS) is 30.1. The molecule has 3 unspecified atom stereocenters. The van der Waals surface area contributed by atoms with Gasteiger partial charge in [0.25, 0.3) is 0 Å². The van der Waals surface area contributed by atoms with Crippen LogP contribution in [0.15, 0.2) is 30.3 Å². The summed E-state index contributed by atoms with van der Waals surface area (Å²) in [7, 11) is 0. The number of nitrogens with zero attached hydrogens (tertiary/aromatic N) is 1. The Morgan fingerprint density at radius 2 is 2.05 bits per heavy atom. The summed E-state index contributed by atoms with van der Waals surface area (Å²) in [5.41, 5.74) is 7.07. The van der Waals surface area contributed by atoms with Crippen LogP contribution in [0.2, 0.25) is 0 Å². The average Bonchev–Trinajstić information content (AvgIpc) is 3.03. The van der Waals surface area contributed by atoms with Crippen molar-refractivity contribution in [2.45, 2.75) is 50.5 Å². The minimum atomic E-state index is -0.00197. The Kier molecular flexibility index (Phi) is 4.03. The third kappa shape index (κ3) is 2.86. The Labute approximate surface area is 119 Å². The van der Waals surface area contributed by atoms with Gasteiger partial charge in [0.1, 0.15) is 0 Å². The second kappa shape index (κ2) is 5.94. The number of likely N-dealkylation sites (tertiary alicyclic amines) is 1. The van der Waals surface area contributed by atoms with Crippen molar-refractivity contribution in [3.05, 3.63) is 35.9 Å². The first-order valence-corrected chi connectivity index (χ1v) is 7.44. The molecule has 0 spiro atoms. The largest absolute Gasteiger partial charge is 0.371 e.